The van der Waals surface area contributed by atoms with Crippen LogP contribution in [0.15, 0.2) is 57.0 Å². The van der Waals surface area contributed by atoms with Crippen molar-refractivity contribution < 1.29 is 12.8 Å². The lowest BCUT2D eigenvalue weighted by Gasteiger charge is -2.30. The van der Waals surface area contributed by atoms with Gasteiger partial charge >= 0.3 is 0 Å². The number of sulfonamides is 1. The van der Waals surface area contributed by atoms with Crippen LogP contribution in [0.4, 0.5) is 0 Å². The third kappa shape index (κ3) is 9.88. The Labute approximate surface area is 209 Å². The van der Waals surface area contributed by atoms with Gasteiger partial charge in [-0.25, -0.2) is 18.5 Å². The Morgan fingerprint density at radius 3 is 2.22 bits per heavy atom. The fraction of sp³-hybridized carbons (Fsp3) is 0.500. The van der Waals surface area contributed by atoms with Crippen molar-refractivity contribution in [1.82, 2.24) is 15.5 Å². The van der Waals surface area contributed by atoms with Gasteiger partial charge in [0.2, 0.25) is 10.0 Å². The van der Waals surface area contributed by atoms with Gasteiger partial charge in [0, 0.05) is 38.1 Å². The SMILES string of the molecule is CC(C)N(CCNC(=NCc1ccc(S(N)(=O)=O)cc1)NCCc1ccco1)C(C)C.I. The number of hydrogen-bond acceptors (Lipinski definition) is 5. The molecule has 0 bridgehead atoms. The van der Waals surface area contributed by atoms with Crippen LogP contribution in [0.5, 0.6) is 0 Å². The summed E-state index contributed by atoms with van der Waals surface area (Å²) in [7, 11) is -3.69. The Kier molecular flexibility index (Phi) is 12.3. The largest absolute Gasteiger partial charge is 0.469 e. The number of aliphatic imine (C=N–C) groups is 1. The summed E-state index contributed by atoms with van der Waals surface area (Å²) in [5, 5.41) is 11.9. The van der Waals surface area contributed by atoms with Gasteiger partial charge in [-0.1, -0.05) is 12.1 Å². The van der Waals surface area contributed by atoms with Crippen LogP contribution in [-0.4, -0.2) is 51.0 Å². The number of nitrogens with two attached hydrogens (primary N) is 1. The summed E-state index contributed by atoms with van der Waals surface area (Å²) in [6.07, 6.45) is 2.42. The van der Waals surface area contributed by atoms with Crippen molar-refractivity contribution in [2.24, 2.45) is 10.1 Å². The molecule has 0 saturated carbocycles. The van der Waals surface area contributed by atoms with Crippen molar-refractivity contribution >= 4 is 40.0 Å². The van der Waals surface area contributed by atoms with E-state index in [0.717, 1.165) is 30.8 Å². The van der Waals surface area contributed by atoms with Crippen LogP contribution in [-0.2, 0) is 23.0 Å². The molecule has 2 aromatic rings. The van der Waals surface area contributed by atoms with Crippen molar-refractivity contribution in [3.63, 3.8) is 0 Å². The molecule has 10 heteroatoms. The fourth-order valence-electron chi connectivity index (χ4n) is 3.30. The summed E-state index contributed by atoms with van der Waals surface area (Å²) in [5.74, 6) is 1.62. The lowest BCUT2D eigenvalue weighted by Crippen LogP contribution is -2.45. The number of halogens is 1. The molecule has 0 aliphatic heterocycles. The minimum atomic E-state index is -3.69. The molecule has 0 aliphatic carbocycles. The number of rotatable bonds is 11. The maximum Gasteiger partial charge on any atom is 0.238 e. The van der Waals surface area contributed by atoms with E-state index in [9.17, 15) is 8.42 Å². The lowest BCUT2D eigenvalue weighted by molar-refractivity contribution is 0.178. The van der Waals surface area contributed by atoms with Crippen LogP contribution in [0.2, 0.25) is 0 Å². The first-order valence-corrected chi connectivity index (χ1v) is 12.1. The molecule has 0 saturated heterocycles. The Morgan fingerprint density at radius 2 is 1.69 bits per heavy atom. The highest BCUT2D eigenvalue weighted by molar-refractivity contribution is 14.0. The zero-order valence-corrected chi connectivity index (χ0v) is 22.4. The highest BCUT2D eigenvalue weighted by Crippen LogP contribution is 2.09. The second kappa shape index (κ2) is 13.8. The first-order valence-electron chi connectivity index (χ1n) is 10.6. The van der Waals surface area contributed by atoms with Gasteiger partial charge in [0.15, 0.2) is 5.96 Å². The molecule has 32 heavy (non-hydrogen) atoms. The molecule has 1 aromatic carbocycles. The predicted molar refractivity (Wildman–Crippen MR) is 140 cm³/mol. The second-order valence-corrected chi connectivity index (χ2v) is 9.52. The van der Waals surface area contributed by atoms with Gasteiger partial charge in [0.1, 0.15) is 5.76 Å². The van der Waals surface area contributed by atoms with Crippen LogP contribution in [0.3, 0.4) is 0 Å². The van der Waals surface area contributed by atoms with Gasteiger partial charge in [-0.2, -0.15) is 0 Å². The van der Waals surface area contributed by atoms with Crippen LogP contribution >= 0.6 is 24.0 Å². The molecule has 8 nitrogen and oxygen atoms in total. The Balaban J connectivity index is 0.00000512. The van der Waals surface area contributed by atoms with E-state index in [1.807, 2.05) is 12.1 Å². The number of benzene rings is 1. The van der Waals surface area contributed by atoms with Crippen LogP contribution in [0.25, 0.3) is 0 Å². The number of guanidine groups is 1. The van der Waals surface area contributed by atoms with E-state index in [2.05, 4.69) is 48.2 Å². The van der Waals surface area contributed by atoms with Crippen molar-refractivity contribution in [2.75, 3.05) is 19.6 Å². The summed E-state index contributed by atoms with van der Waals surface area (Å²) in [5.41, 5.74) is 0.894. The van der Waals surface area contributed by atoms with Crippen molar-refractivity contribution in [1.29, 1.82) is 0 Å². The third-order valence-electron chi connectivity index (χ3n) is 4.90. The fourth-order valence-corrected chi connectivity index (χ4v) is 3.82. The maximum absolute atomic E-state index is 11.4. The molecule has 0 atom stereocenters. The van der Waals surface area contributed by atoms with Gasteiger partial charge in [-0.3, -0.25) is 4.90 Å². The molecule has 4 N–H and O–H groups in total. The van der Waals surface area contributed by atoms with E-state index >= 15 is 0 Å². The number of hydrogen-bond donors (Lipinski definition) is 3. The van der Waals surface area contributed by atoms with Gasteiger partial charge in [-0.15, -0.1) is 24.0 Å². The molecule has 0 spiro atoms. The molecular weight excluding hydrogens is 541 g/mol. The zero-order valence-electron chi connectivity index (χ0n) is 19.2. The second-order valence-electron chi connectivity index (χ2n) is 7.96. The summed E-state index contributed by atoms with van der Waals surface area (Å²) in [6.45, 7) is 11.5. The summed E-state index contributed by atoms with van der Waals surface area (Å²) in [6, 6.07) is 11.2. The number of primary sulfonamides is 1. The molecular formula is C22H36IN5O3S. The number of nitrogens with one attached hydrogen (secondary N) is 2. The molecule has 1 heterocycles. The Bertz CT molecular complexity index is 906. The quantitative estimate of drug-likeness (QED) is 0.215. The topological polar surface area (TPSA) is 113 Å². The molecule has 2 rings (SSSR count). The van der Waals surface area contributed by atoms with Crippen molar-refractivity contribution in [2.45, 2.75) is 57.6 Å². The highest BCUT2D eigenvalue weighted by Gasteiger charge is 2.13. The van der Waals surface area contributed by atoms with Crippen molar-refractivity contribution in [3.8, 4) is 0 Å². The Hall–Kier alpha value is -1.63. The molecule has 0 amide bonds. The maximum atomic E-state index is 11.4. The van der Waals surface area contributed by atoms with E-state index in [1.54, 1.807) is 18.4 Å². The minimum absolute atomic E-state index is 0. The predicted octanol–water partition coefficient (Wildman–Crippen LogP) is 2.94. The highest BCUT2D eigenvalue weighted by atomic mass is 127. The smallest absolute Gasteiger partial charge is 0.238 e. The van der Waals surface area contributed by atoms with E-state index in [4.69, 9.17) is 9.56 Å². The monoisotopic (exact) mass is 577 g/mol. The van der Waals surface area contributed by atoms with Crippen LogP contribution in [0, 0.1) is 0 Å². The molecule has 0 radical (unpaired) electrons. The molecule has 0 unspecified atom stereocenters. The van der Waals surface area contributed by atoms with E-state index in [-0.39, 0.29) is 28.9 Å². The summed E-state index contributed by atoms with van der Waals surface area (Å²) in [4.78, 5) is 7.17. The average Bonchev–Trinajstić information content (AvgIpc) is 3.21. The number of furan rings is 1. The number of nitrogens with zero attached hydrogens (tertiary/aromatic N) is 2. The normalized spacial score (nSPS) is 12.3. The standard InChI is InChI=1S/C22H35N5O3S.HI/c1-17(2)27(18(3)4)14-13-25-22(24-12-11-20-6-5-15-30-20)26-16-19-7-9-21(10-8-19)31(23,28)29;/h5-10,15,17-18H,11-14,16H2,1-4H3,(H2,23,28,29)(H2,24,25,26);1H. The van der Waals surface area contributed by atoms with Crippen LogP contribution in [0.1, 0.15) is 39.0 Å². The van der Waals surface area contributed by atoms with E-state index in [1.165, 1.54) is 12.1 Å². The minimum Gasteiger partial charge on any atom is -0.469 e. The first-order chi connectivity index (χ1) is 14.7. The summed E-state index contributed by atoms with van der Waals surface area (Å²) < 4.78 is 28.2. The van der Waals surface area contributed by atoms with Gasteiger partial charge in [0.05, 0.1) is 17.7 Å². The molecule has 1 aromatic heterocycles. The zero-order chi connectivity index (χ0) is 22.9. The van der Waals surface area contributed by atoms with E-state index < -0.39 is 10.0 Å². The molecule has 180 valence electrons. The van der Waals surface area contributed by atoms with Gasteiger partial charge in [0.25, 0.3) is 0 Å². The van der Waals surface area contributed by atoms with Crippen LogP contribution < -0.4 is 15.8 Å². The van der Waals surface area contributed by atoms with Gasteiger partial charge < -0.3 is 15.1 Å². The Morgan fingerprint density at radius 1 is 1.06 bits per heavy atom. The summed E-state index contributed by atoms with van der Waals surface area (Å²) >= 11 is 0. The van der Waals surface area contributed by atoms with Gasteiger partial charge in [-0.05, 0) is 57.5 Å². The lowest BCUT2D eigenvalue weighted by atomic mass is 10.2. The average molecular weight is 578 g/mol. The third-order valence-corrected chi connectivity index (χ3v) is 5.83. The van der Waals surface area contributed by atoms with E-state index in [0.29, 0.717) is 31.1 Å². The van der Waals surface area contributed by atoms with Crippen molar-refractivity contribution in [3.05, 3.63) is 54.0 Å². The molecule has 0 aliphatic rings. The molecule has 0 fully saturated rings. The first kappa shape index (κ1) is 28.4.